The van der Waals surface area contributed by atoms with Gasteiger partial charge in [0.15, 0.2) is 0 Å². The Morgan fingerprint density at radius 2 is 2.00 bits per heavy atom. The van der Waals surface area contributed by atoms with Crippen LogP contribution in [0.2, 0.25) is 0 Å². The predicted molar refractivity (Wildman–Crippen MR) is 65.7 cm³/mol. The fourth-order valence-electron chi connectivity index (χ4n) is 1.96. The van der Waals surface area contributed by atoms with Crippen molar-refractivity contribution >= 4 is 0 Å². The van der Waals surface area contributed by atoms with E-state index in [1.165, 1.54) is 0 Å². The van der Waals surface area contributed by atoms with Crippen molar-refractivity contribution < 1.29 is 5.11 Å². The highest BCUT2D eigenvalue weighted by Crippen LogP contribution is 2.14. The standard InChI is InChI=1S/C13H17N3O/c1-9-5-4-6-12(14-9)7-16-11(3)13(8-17)10(2)15-16/h4-6,17H,7-8H2,1-3H3. The van der Waals surface area contributed by atoms with E-state index in [9.17, 15) is 5.11 Å². The summed E-state index contributed by atoms with van der Waals surface area (Å²) in [5.41, 5.74) is 4.80. The molecular formula is C13H17N3O. The summed E-state index contributed by atoms with van der Waals surface area (Å²) in [5.74, 6) is 0. The van der Waals surface area contributed by atoms with Crippen LogP contribution in [-0.2, 0) is 13.2 Å². The van der Waals surface area contributed by atoms with Gasteiger partial charge in [-0.25, -0.2) is 0 Å². The SMILES string of the molecule is Cc1cccc(Cn2nc(C)c(CO)c2C)n1. The Kier molecular flexibility index (Phi) is 3.24. The largest absolute Gasteiger partial charge is 0.392 e. The summed E-state index contributed by atoms with van der Waals surface area (Å²) in [6.07, 6.45) is 0. The number of aliphatic hydroxyl groups excluding tert-OH is 1. The molecule has 0 atom stereocenters. The van der Waals surface area contributed by atoms with Crippen LogP contribution in [-0.4, -0.2) is 19.9 Å². The molecule has 0 aliphatic rings. The number of aryl methyl sites for hydroxylation is 2. The second-order valence-corrected chi connectivity index (χ2v) is 4.24. The third-order valence-corrected chi connectivity index (χ3v) is 2.95. The van der Waals surface area contributed by atoms with Crippen molar-refractivity contribution in [2.45, 2.75) is 33.9 Å². The highest BCUT2D eigenvalue weighted by atomic mass is 16.3. The van der Waals surface area contributed by atoms with E-state index < -0.39 is 0 Å². The minimum Gasteiger partial charge on any atom is -0.392 e. The Morgan fingerprint density at radius 1 is 1.24 bits per heavy atom. The van der Waals surface area contributed by atoms with E-state index in [0.29, 0.717) is 6.54 Å². The molecule has 90 valence electrons. The summed E-state index contributed by atoms with van der Waals surface area (Å²) in [6.45, 7) is 6.55. The Bertz CT molecular complexity index is 531. The molecule has 0 fully saturated rings. The molecule has 4 nitrogen and oxygen atoms in total. The number of hydrogen-bond acceptors (Lipinski definition) is 3. The molecule has 0 spiro atoms. The van der Waals surface area contributed by atoms with E-state index in [2.05, 4.69) is 10.1 Å². The fourth-order valence-corrected chi connectivity index (χ4v) is 1.96. The summed E-state index contributed by atoms with van der Waals surface area (Å²) in [6, 6.07) is 5.96. The fraction of sp³-hybridized carbons (Fsp3) is 0.385. The Hall–Kier alpha value is -1.68. The second kappa shape index (κ2) is 4.67. The monoisotopic (exact) mass is 231 g/mol. The predicted octanol–water partition coefficient (Wildman–Crippen LogP) is 1.74. The zero-order valence-electron chi connectivity index (χ0n) is 10.4. The summed E-state index contributed by atoms with van der Waals surface area (Å²) >= 11 is 0. The zero-order chi connectivity index (χ0) is 12.4. The van der Waals surface area contributed by atoms with Crippen molar-refractivity contribution in [1.29, 1.82) is 0 Å². The van der Waals surface area contributed by atoms with Crippen molar-refractivity contribution in [3.8, 4) is 0 Å². The lowest BCUT2D eigenvalue weighted by molar-refractivity contribution is 0.280. The van der Waals surface area contributed by atoms with Gasteiger partial charge in [-0.3, -0.25) is 9.67 Å². The molecule has 17 heavy (non-hydrogen) atoms. The third-order valence-electron chi connectivity index (χ3n) is 2.95. The van der Waals surface area contributed by atoms with Gasteiger partial charge >= 0.3 is 0 Å². The molecule has 0 bridgehead atoms. The van der Waals surface area contributed by atoms with E-state index in [1.807, 2.05) is 43.7 Å². The summed E-state index contributed by atoms with van der Waals surface area (Å²) in [5, 5.41) is 13.7. The minimum atomic E-state index is 0.0406. The highest BCUT2D eigenvalue weighted by Gasteiger charge is 2.10. The first-order chi connectivity index (χ1) is 8.11. The van der Waals surface area contributed by atoms with E-state index in [4.69, 9.17) is 0 Å². The molecule has 2 aromatic heterocycles. The number of hydrogen-bond donors (Lipinski definition) is 1. The lowest BCUT2D eigenvalue weighted by Crippen LogP contribution is -2.06. The average molecular weight is 231 g/mol. The Morgan fingerprint density at radius 3 is 2.59 bits per heavy atom. The first kappa shape index (κ1) is 11.8. The van der Waals surface area contributed by atoms with Gasteiger partial charge in [0.05, 0.1) is 24.5 Å². The van der Waals surface area contributed by atoms with Crippen LogP contribution < -0.4 is 0 Å². The summed E-state index contributed by atoms with van der Waals surface area (Å²) < 4.78 is 1.89. The van der Waals surface area contributed by atoms with E-state index in [0.717, 1.165) is 28.3 Å². The second-order valence-electron chi connectivity index (χ2n) is 4.24. The third kappa shape index (κ3) is 2.36. The number of nitrogens with zero attached hydrogens (tertiary/aromatic N) is 3. The Balaban J connectivity index is 2.30. The molecule has 0 aliphatic heterocycles. The van der Waals surface area contributed by atoms with Crippen LogP contribution in [0.15, 0.2) is 18.2 Å². The molecule has 0 saturated heterocycles. The molecule has 0 radical (unpaired) electrons. The lowest BCUT2D eigenvalue weighted by Gasteiger charge is -2.05. The summed E-state index contributed by atoms with van der Waals surface area (Å²) in [4.78, 5) is 4.45. The van der Waals surface area contributed by atoms with Gasteiger partial charge in [-0.1, -0.05) is 6.07 Å². The van der Waals surface area contributed by atoms with Crippen LogP contribution in [0.1, 0.15) is 28.3 Å². The van der Waals surface area contributed by atoms with Gasteiger partial charge in [-0.05, 0) is 32.9 Å². The number of aromatic nitrogens is 3. The topological polar surface area (TPSA) is 50.9 Å². The van der Waals surface area contributed by atoms with Crippen molar-refractivity contribution in [1.82, 2.24) is 14.8 Å². The van der Waals surface area contributed by atoms with Gasteiger partial charge in [0.25, 0.3) is 0 Å². The number of rotatable bonds is 3. The zero-order valence-corrected chi connectivity index (χ0v) is 10.4. The van der Waals surface area contributed by atoms with Crippen molar-refractivity contribution in [3.05, 3.63) is 46.5 Å². The summed E-state index contributed by atoms with van der Waals surface area (Å²) in [7, 11) is 0. The van der Waals surface area contributed by atoms with Gasteiger partial charge in [-0.15, -0.1) is 0 Å². The number of aliphatic hydroxyl groups is 1. The minimum absolute atomic E-state index is 0.0406. The molecule has 0 unspecified atom stereocenters. The molecule has 4 heteroatoms. The van der Waals surface area contributed by atoms with Gasteiger partial charge in [0, 0.05) is 17.0 Å². The molecule has 0 amide bonds. The van der Waals surface area contributed by atoms with Crippen molar-refractivity contribution in [3.63, 3.8) is 0 Å². The smallest absolute Gasteiger partial charge is 0.0834 e. The molecule has 0 saturated carbocycles. The molecule has 0 aromatic carbocycles. The Labute approximate surface area is 101 Å². The van der Waals surface area contributed by atoms with Gasteiger partial charge in [-0.2, -0.15) is 5.10 Å². The van der Waals surface area contributed by atoms with Gasteiger partial charge < -0.3 is 5.11 Å². The molecule has 2 aromatic rings. The maximum absolute atomic E-state index is 9.25. The molecule has 1 N–H and O–H groups in total. The molecule has 2 heterocycles. The molecular weight excluding hydrogens is 214 g/mol. The van der Waals surface area contributed by atoms with E-state index in [1.54, 1.807) is 0 Å². The van der Waals surface area contributed by atoms with Crippen LogP contribution >= 0.6 is 0 Å². The highest BCUT2D eigenvalue weighted by molar-refractivity contribution is 5.24. The van der Waals surface area contributed by atoms with Crippen LogP contribution in [0.25, 0.3) is 0 Å². The molecule has 0 aliphatic carbocycles. The maximum atomic E-state index is 9.25. The van der Waals surface area contributed by atoms with Crippen molar-refractivity contribution in [2.24, 2.45) is 0 Å². The van der Waals surface area contributed by atoms with E-state index in [-0.39, 0.29) is 6.61 Å². The maximum Gasteiger partial charge on any atom is 0.0834 e. The van der Waals surface area contributed by atoms with Crippen LogP contribution in [0.5, 0.6) is 0 Å². The van der Waals surface area contributed by atoms with Crippen LogP contribution in [0, 0.1) is 20.8 Å². The first-order valence-corrected chi connectivity index (χ1v) is 5.68. The number of pyridine rings is 1. The quantitative estimate of drug-likeness (QED) is 0.875. The van der Waals surface area contributed by atoms with E-state index >= 15 is 0 Å². The van der Waals surface area contributed by atoms with Gasteiger partial charge in [0.2, 0.25) is 0 Å². The van der Waals surface area contributed by atoms with Crippen LogP contribution in [0.3, 0.4) is 0 Å². The lowest BCUT2D eigenvalue weighted by atomic mass is 10.2. The normalized spacial score (nSPS) is 10.8. The van der Waals surface area contributed by atoms with Gasteiger partial charge in [0.1, 0.15) is 0 Å². The first-order valence-electron chi connectivity index (χ1n) is 5.68. The average Bonchev–Trinajstić information content (AvgIpc) is 2.54. The molecule has 2 rings (SSSR count). The van der Waals surface area contributed by atoms with Crippen LogP contribution in [0.4, 0.5) is 0 Å². The van der Waals surface area contributed by atoms with Crippen molar-refractivity contribution in [2.75, 3.05) is 0 Å².